The van der Waals surface area contributed by atoms with Crippen molar-refractivity contribution in [2.75, 3.05) is 12.0 Å². The van der Waals surface area contributed by atoms with E-state index in [1.807, 2.05) is 6.07 Å². The van der Waals surface area contributed by atoms with E-state index in [-0.39, 0.29) is 0 Å². The Bertz CT molecular complexity index is 329. The predicted octanol–water partition coefficient (Wildman–Crippen LogP) is 1.93. The summed E-state index contributed by atoms with van der Waals surface area (Å²) in [5, 5.41) is 11.5. The molecule has 0 spiro atoms. The lowest BCUT2D eigenvalue weighted by Crippen LogP contribution is -1.96. The molecule has 0 radical (unpaired) electrons. The van der Waals surface area contributed by atoms with E-state index < -0.39 is 0 Å². The third-order valence-electron chi connectivity index (χ3n) is 1.59. The number of benzene rings is 1. The lowest BCUT2D eigenvalue weighted by Gasteiger charge is -1.89. The maximum Gasteiger partial charge on any atom is 0.411 e. The first kappa shape index (κ1) is 5.98. The first-order valence-corrected chi connectivity index (χ1v) is 3.26. The third-order valence-corrected chi connectivity index (χ3v) is 1.59. The molecule has 0 amide bonds. The molecule has 0 bridgehead atoms. The molecule has 0 saturated carbocycles. The average molecular weight is 148 g/mol. The Morgan fingerprint density at radius 2 is 2.45 bits per heavy atom. The van der Waals surface area contributed by atoms with Gasteiger partial charge in [0.1, 0.15) is 0 Å². The molecule has 11 heavy (non-hydrogen) atoms. The van der Waals surface area contributed by atoms with Crippen LogP contribution < -0.4 is 10.1 Å². The lowest BCUT2D eigenvalue weighted by molar-refractivity contribution is 0.372. The quantitative estimate of drug-likeness (QED) is 0.572. The molecule has 1 aromatic carbocycles. The molecule has 1 N–H and O–H groups in total. The van der Waals surface area contributed by atoms with Gasteiger partial charge in [0.2, 0.25) is 5.39 Å². The van der Waals surface area contributed by atoms with Gasteiger partial charge in [-0.2, -0.15) is 0 Å². The summed E-state index contributed by atoms with van der Waals surface area (Å²) < 4.78 is 5.16. The van der Waals surface area contributed by atoms with Crippen molar-refractivity contribution in [2.24, 2.45) is 0 Å². The summed E-state index contributed by atoms with van der Waals surface area (Å²) in [5.41, 5.74) is 1.27. The van der Waals surface area contributed by atoms with E-state index in [2.05, 4.69) is 10.3 Å². The second-order valence-electron chi connectivity index (χ2n) is 2.22. The standard InChI is InChI=1S/C7H6N3O/c8-10-5-2-1-3-6-7(5)9-4-11-6/h1-3,9H,4H2/q+1. The molecular weight excluding hydrogens is 142 g/mol. The van der Waals surface area contributed by atoms with E-state index in [9.17, 15) is 0 Å². The molecule has 0 aliphatic carbocycles. The Labute approximate surface area is 63.4 Å². The number of ether oxygens (including phenoxy) is 1. The maximum absolute atomic E-state index is 8.53. The molecule has 54 valence electrons. The third kappa shape index (κ3) is 0.783. The zero-order valence-corrected chi connectivity index (χ0v) is 5.74. The largest absolute Gasteiger partial charge is 0.471 e. The van der Waals surface area contributed by atoms with Crippen molar-refractivity contribution >= 4 is 11.4 Å². The van der Waals surface area contributed by atoms with Gasteiger partial charge >= 0.3 is 5.69 Å². The van der Waals surface area contributed by atoms with Gasteiger partial charge in [0.15, 0.2) is 23.1 Å². The normalized spacial score (nSPS) is 12.6. The van der Waals surface area contributed by atoms with Crippen molar-refractivity contribution in [1.82, 2.24) is 0 Å². The SMILES string of the molecule is N#[N+]c1cccc2c1NCO2. The first-order valence-electron chi connectivity index (χ1n) is 3.26. The Morgan fingerprint density at radius 3 is 3.27 bits per heavy atom. The number of para-hydroxylation sites is 1. The van der Waals surface area contributed by atoms with Gasteiger partial charge in [0, 0.05) is 6.07 Å². The highest BCUT2D eigenvalue weighted by Crippen LogP contribution is 2.37. The minimum absolute atomic E-state index is 0.446. The van der Waals surface area contributed by atoms with Gasteiger partial charge in [-0.25, -0.2) is 0 Å². The minimum atomic E-state index is 0.446. The fraction of sp³-hybridized carbons (Fsp3) is 0.143. The van der Waals surface area contributed by atoms with E-state index in [0.29, 0.717) is 12.4 Å². The van der Waals surface area contributed by atoms with Gasteiger partial charge in [0.25, 0.3) is 0 Å². The number of diazo groups is 1. The zero-order chi connectivity index (χ0) is 7.68. The Hall–Kier alpha value is -1.76. The smallest absolute Gasteiger partial charge is 0.411 e. The monoisotopic (exact) mass is 148 g/mol. The predicted molar refractivity (Wildman–Crippen MR) is 40.3 cm³/mol. The van der Waals surface area contributed by atoms with Gasteiger partial charge in [-0.05, 0) is 6.07 Å². The van der Waals surface area contributed by atoms with Gasteiger partial charge in [-0.1, -0.05) is 6.07 Å². The van der Waals surface area contributed by atoms with Crippen LogP contribution in [0.2, 0.25) is 0 Å². The van der Waals surface area contributed by atoms with E-state index >= 15 is 0 Å². The van der Waals surface area contributed by atoms with Crippen molar-refractivity contribution in [3.05, 3.63) is 23.2 Å². The van der Waals surface area contributed by atoms with E-state index in [0.717, 1.165) is 11.4 Å². The Morgan fingerprint density at radius 1 is 1.55 bits per heavy atom. The van der Waals surface area contributed by atoms with Crippen molar-refractivity contribution in [3.8, 4) is 5.75 Å². The van der Waals surface area contributed by atoms with E-state index in [1.54, 1.807) is 12.1 Å². The van der Waals surface area contributed by atoms with Crippen LogP contribution in [-0.4, -0.2) is 6.73 Å². The van der Waals surface area contributed by atoms with Crippen LogP contribution in [0.4, 0.5) is 11.4 Å². The summed E-state index contributed by atoms with van der Waals surface area (Å²) >= 11 is 0. The molecule has 0 atom stereocenters. The second-order valence-corrected chi connectivity index (χ2v) is 2.22. The lowest BCUT2D eigenvalue weighted by atomic mass is 10.2. The number of hydrogen-bond acceptors (Lipinski definition) is 3. The summed E-state index contributed by atoms with van der Waals surface area (Å²) in [7, 11) is 0. The molecule has 1 aliphatic rings. The molecule has 0 saturated heterocycles. The number of nitrogens with one attached hydrogen (secondary N) is 1. The number of nitrogens with zero attached hydrogens (tertiary/aromatic N) is 2. The van der Waals surface area contributed by atoms with Gasteiger partial charge in [-0.15, -0.1) is 0 Å². The summed E-state index contributed by atoms with van der Waals surface area (Å²) in [6, 6.07) is 5.31. The van der Waals surface area contributed by atoms with Crippen LogP contribution in [-0.2, 0) is 0 Å². The molecule has 0 aromatic heterocycles. The fourth-order valence-corrected chi connectivity index (χ4v) is 1.09. The fourth-order valence-electron chi connectivity index (χ4n) is 1.09. The molecule has 1 aliphatic heterocycles. The highest BCUT2D eigenvalue weighted by molar-refractivity contribution is 5.77. The first-order chi connectivity index (χ1) is 5.42. The molecular formula is C7H6N3O+. The van der Waals surface area contributed by atoms with E-state index in [1.165, 1.54) is 0 Å². The van der Waals surface area contributed by atoms with E-state index in [4.69, 9.17) is 10.1 Å². The van der Waals surface area contributed by atoms with Crippen LogP contribution in [0.15, 0.2) is 18.2 Å². The molecule has 1 heterocycles. The molecule has 4 nitrogen and oxygen atoms in total. The number of fused-ring (bicyclic) bond motifs is 1. The average Bonchev–Trinajstić information content (AvgIpc) is 2.50. The summed E-state index contributed by atoms with van der Waals surface area (Å²) in [6.45, 7) is 0.446. The van der Waals surface area contributed by atoms with Crippen LogP contribution in [0.25, 0.3) is 4.98 Å². The van der Waals surface area contributed by atoms with Crippen LogP contribution in [0.3, 0.4) is 0 Å². The Kier molecular flexibility index (Phi) is 1.16. The minimum Gasteiger partial charge on any atom is -0.471 e. The van der Waals surface area contributed by atoms with Gasteiger partial charge < -0.3 is 10.1 Å². The van der Waals surface area contributed by atoms with Crippen molar-refractivity contribution in [1.29, 1.82) is 5.39 Å². The maximum atomic E-state index is 8.53. The second kappa shape index (κ2) is 2.13. The van der Waals surface area contributed by atoms with Crippen LogP contribution in [0, 0.1) is 5.39 Å². The van der Waals surface area contributed by atoms with Crippen molar-refractivity contribution in [2.45, 2.75) is 0 Å². The highest BCUT2D eigenvalue weighted by Gasteiger charge is 2.22. The van der Waals surface area contributed by atoms with Gasteiger partial charge in [0.05, 0.1) is 0 Å². The number of hydrogen-bond donors (Lipinski definition) is 1. The molecule has 2 rings (SSSR count). The van der Waals surface area contributed by atoms with Crippen LogP contribution in [0.1, 0.15) is 0 Å². The van der Waals surface area contributed by atoms with Gasteiger partial charge in [-0.3, -0.25) is 0 Å². The zero-order valence-electron chi connectivity index (χ0n) is 5.74. The topological polar surface area (TPSA) is 49.4 Å². The summed E-state index contributed by atoms with van der Waals surface area (Å²) in [6.07, 6.45) is 0. The number of anilines is 1. The summed E-state index contributed by atoms with van der Waals surface area (Å²) in [4.78, 5) is 3.10. The molecule has 1 aromatic rings. The molecule has 0 fully saturated rings. The number of rotatable bonds is 0. The highest BCUT2D eigenvalue weighted by atomic mass is 16.5. The molecule has 4 heteroatoms. The van der Waals surface area contributed by atoms with Crippen molar-refractivity contribution < 1.29 is 4.74 Å². The summed E-state index contributed by atoms with van der Waals surface area (Å²) in [5.74, 6) is 0.736. The Balaban J connectivity index is 2.61. The molecule has 0 unspecified atom stereocenters. The van der Waals surface area contributed by atoms with Crippen LogP contribution >= 0.6 is 0 Å². The van der Waals surface area contributed by atoms with Crippen LogP contribution in [0.5, 0.6) is 5.75 Å². The van der Waals surface area contributed by atoms with Crippen molar-refractivity contribution in [3.63, 3.8) is 0 Å².